The highest BCUT2D eigenvalue weighted by Crippen LogP contribution is 2.41. The number of hydrogen-bond acceptors (Lipinski definition) is 9. The molecule has 2 atom stereocenters. The van der Waals surface area contributed by atoms with Crippen LogP contribution in [0.15, 0.2) is 30.3 Å². The van der Waals surface area contributed by atoms with Gasteiger partial charge in [0.25, 0.3) is 0 Å². The number of anilines is 2. The number of nitrogens with one attached hydrogen (secondary N) is 2. The Hall–Kier alpha value is -2.84. The molecule has 2 N–H and O–H groups in total. The Morgan fingerprint density at radius 3 is 2.42 bits per heavy atom. The molecule has 6 rings (SSSR count). The number of thiophene rings is 1. The van der Waals surface area contributed by atoms with Crippen molar-refractivity contribution in [2.24, 2.45) is 0 Å². The third-order valence-corrected chi connectivity index (χ3v) is 10.2. The fourth-order valence-corrected chi connectivity index (χ4v) is 7.76. The summed E-state index contributed by atoms with van der Waals surface area (Å²) in [6, 6.07) is 10.2. The summed E-state index contributed by atoms with van der Waals surface area (Å²) in [4.78, 5) is 28.0. The number of rotatable bonds is 7. The van der Waals surface area contributed by atoms with Gasteiger partial charge >= 0.3 is 6.03 Å². The summed E-state index contributed by atoms with van der Waals surface area (Å²) >= 11 is 1.73. The maximum atomic E-state index is 11.9. The first-order valence-electron chi connectivity index (χ1n) is 13.8. The van der Waals surface area contributed by atoms with Gasteiger partial charge in [-0.3, -0.25) is 4.90 Å². The summed E-state index contributed by atoms with van der Waals surface area (Å²) in [5.74, 6) is 1.63. The summed E-state index contributed by atoms with van der Waals surface area (Å²) in [7, 11) is -3.16. The number of aromatic nitrogens is 2. The minimum atomic E-state index is -3.16. The molecule has 0 radical (unpaired) electrons. The zero-order chi connectivity index (χ0) is 27.9. The summed E-state index contributed by atoms with van der Waals surface area (Å²) in [5, 5.41) is 5.57. The highest BCUT2D eigenvalue weighted by Gasteiger charge is 2.39. The number of amides is 2. The second kappa shape index (κ2) is 11.2. The van der Waals surface area contributed by atoms with E-state index in [4.69, 9.17) is 14.7 Å². The molecule has 40 heavy (non-hydrogen) atoms. The second-order valence-corrected chi connectivity index (χ2v) is 13.7. The van der Waals surface area contributed by atoms with Crippen molar-refractivity contribution in [3.8, 4) is 11.4 Å². The molecule has 2 aromatic heterocycles. The van der Waals surface area contributed by atoms with Gasteiger partial charge in [-0.15, -0.1) is 11.3 Å². The lowest BCUT2D eigenvalue weighted by Crippen LogP contribution is -2.47. The van der Waals surface area contributed by atoms with E-state index in [1.807, 2.05) is 31.2 Å². The molecular weight excluding hydrogens is 550 g/mol. The van der Waals surface area contributed by atoms with Gasteiger partial charge in [0.2, 0.25) is 10.0 Å². The smallest absolute Gasteiger partial charge is 0.319 e. The van der Waals surface area contributed by atoms with Crippen molar-refractivity contribution in [1.29, 1.82) is 0 Å². The van der Waals surface area contributed by atoms with Crippen LogP contribution >= 0.6 is 11.3 Å². The summed E-state index contributed by atoms with van der Waals surface area (Å²) in [6.45, 7) is 7.05. The molecule has 214 valence electrons. The van der Waals surface area contributed by atoms with E-state index in [1.165, 1.54) is 11.1 Å². The molecule has 3 aliphatic rings. The molecule has 1 aromatic carbocycles. The number of carbonyl (C=O) groups excluding carboxylic acids is 1. The SMILES string of the molecule is CCNC(=O)Nc1ccc(-c2nc(N3C4CCC3COC4)c3sc(CN4CCN(S(C)(=O)=O)CC4)cc3n2)cc1. The molecule has 3 saturated heterocycles. The van der Waals surface area contributed by atoms with Crippen LogP contribution in [-0.2, 0) is 21.3 Å². The molecule has 13 heteroatoms. The van der Waals surface area contributed by atoms with Gasteiger partial charge in [-0.05, 0) is 50.1 Å². The van der Waals surface area contributed by atoms with Gasteiger partial charge in [-0.2, -0.15) is 4.31 Å². The summed E-state index contributed by atoms with van der Waals surface area (Å²) in [5.41, 5.74) is 2.51. The van der Waals surface area contributed by atoms with Crippen molar-refractivity contribution < 1.29 is 17.9 Å². The lowest BCUT2D eigenvalue weighted by atomic mass is 10.2. The number of benzene rings is 1. The molecule has 3 aliphatic heterocycles. The zero-order valence-electron chi connectivity index (χ0n) is 22.8. The van der Waals surface area contributed by atoms with E-state index in [-0.39, 0.29) is 6.03 Å². The first-order valence-corrected chi connectivity index (χ1v) is 16.4. The number of sulfonamides is 1. The zero-order valence-corrected chi connectivity index (χ0v) is 24.4. The first kappa shape index (κ1) is 27.3. The Balaban J connectivity index is 1.30. The fraction of sp³-hybridized carbons (Fsp3) is 0.519. The van der Waals surface area contributed by atoms with Crippen molar-refractivity contribution in [1.82, 2.24) is 24.5 Å². The Kier molecular flexibility index (Phi) is 7.66. The Bertz CT molecular complexity index is 1470. The monoisotopic (exact) mass is 585 g/mol. The second-order valence-electron chi connectivity index (χ2n) is 10.6. The van der Waals surface area contributed by atoms with E-state index in [9.17, 15) is 13.2 Å². The maximum Gasteiger partial charge on any atom is 0.319 e. The van der Waals surface area contributed by atoms with Gasteiger partial charge in [0.1, 0.15) is 0 Å². The number of nitrogens with zero attached hydrogens (tertiary/aromatic N) is 5. The maximum absolute atomic E-state index is 11.9. The van der Waals surface area contributed by atoms with E-state index >= 15 is 0 Å². The van der Waals surface area contributed by atoms with Crippen LogP contribution in [0.25, 0.3) is 21.6 Å². The number of hydrogen-bond donors (Lipinski definition) is 2. The number of ether oxygens (including phenoxy) is 1. The van der Waals surface area contributed by atoms with Crippen LogP contribution in [0.5, 0.6) is 0 Å². The normalized spacial score (nSPS) is 22.1. The van der Waals surface area contributed by atoms with Gasteiger partial charge in [-0.25, -0.2) is 23.2 Å². The number of fused-ring (bicyclic) bond motifs is 3. The first-order chi connectivity index (χ1) is 19.3. The molecule has 3 fully saturated rings. The van der Waals surface area contributed by atoms with Crippen LogP contribution < -0.4 is 15.5 Å². The molecule has 3 aromatic rings. The molecule has 0 spiro atoms. The number of carbonyl (C=O) groups is 1. The number of urea groups is 1. The minimum absolute atomic E-state index is 0.235. The standard InChI is InChI=1S/C27H35N7O4S2/c1-3-28-27(35)29-19-6-4-18(5-7-19)25-30-23-14-22(15-32-10-12-33(13-11-32)40(2,36)37)39-24(23)26(31-25)34-20-8-9-21(34)17-38-16-20/h4-7,14,20-21H,3,8-13,15-17H2,1-2H3,(H2,28,29,35). The van der Waals surface area contributed by atoms with Gasteiger partial charge in [0.05, 0.1) is 41.8 Å². The Labute approximate surface area is 238 Å². The fourth-order valence-electron chi connectivity index (χ4n) is 5.80. The van der Waals surface area contributed by atoms with E-state index < -0.39 is 10.0 Å². The molecule has 2 bridgehead atoms. The Morgan fingerprint density at radius 1 is 1.07 bits per heavy atom. The van der Waals surface area contributed by atoms with Crippen LogP contribution in [-0.4, -0.2) is 97.9 Å². The van der Waals surface area contributed by atoms with Crippen molar-refractivity contribution in [3.05, 3.63) is 35.2 Å². The van der Waals surface area contributed by atoms with Crippen LogP contribution in [0.2, 0.25) is 0 Å². The lowest BCUT2D eigenvalue weighted by molar-refractivity contribution is 0.0904. The van der Waals surface area contributed by atoms with E-state index in [0.29, 0.717) is 69.5 Å². The lowest BCUT2D eigenvalue weighted by Gasteiger charge is -2.36. The Morgan fingerprint density at radius 2 is 1.77 bits per heavy atom. The van der Waals surface area contributed by atoms with Gasteiger partial charge in [-0.1, -0.05) is 0 Å². The topological polar surface area (TPSA) is 120 Å². The summed E-state index contributed by atoms with van der Waals surface area (Å²) < 4.78 is 32.3. The third-order valence-electron chi connectivity index (χ3n) is 7.81. The van der Waals surface area contributed by atoms with E-state index in [1.54, 1.807) is 15.6 Å². The van der Waals surface area contributed by atoms with Crippen LogP contribution in [0.3, 0.4) is 0 Å². The molecule has 2 unspecified atom stereocenters. The number of piperazine rings is 1. The minimum Gasteiger partial charge on any atom is -0.377 e. The number of morpholine rings is 1. The van der Waals surface area contributed by atoms with E-state index in [2.05, 4.69) is 26.5 Å². The highest BCUT2D eigenvalue weighted by atomic mass is 32.2. The van der Waals surface area contributed by atoms with Crippen molar-refractivity contribution in [2.75, 3.05) is 62.4 Å². The van der Waals surface area contributed by atoms with Crippen molar-refractivity contribution in [3.63, 3.8) is 0 Å². The summed E-state index contributed by atoms with van der Waals surface area (Å²) in [6.07, 6.45) is 3.46. The van der Waals surface area contributed by atoms with Crippen molar-refractivity contribution in [2.45, 2.75) is 38.4 Å². The van der Waals surface area contributed by atoms with Crippen molar-refractivity contribution >= 4 is 49.1 Å². The van der Waals surface area contributed by atoms with E-state index in [0.717, 1.165) is 41.0 Å². The van der Waals surface area contributed by atoms with Crippen LogP contribution in [0, 0.1) is 0 Å². The largest absolute Gasteiger partial charge is 0.377 e. The molecule has 5 heterocycles. The van der Waals surface area contributed by atoms with Crippen LogP contribution in [0.1, 0.15) is 24.6 Å². The van der Waals surface area contributed by atoms with Gasteiger partial charge in [0.15, 0.2) is 11.6 Å². The predicted octanol–water partition coefficient (Wildman–Crippen LogP) is 2.94. The molecule has 0 aliphatic carbocycles. The molecule has 2 amide bonds. The average Bonchev–Trinajstić information content (AvgIpc) is 3.44. The predicted molar refractivity (Wildman–Crippen MR) is 157 cm³/mol. The third kappa shape index (κ3) is 5.66. The van der Waals surface area contributed by atoms with Gasteiger partial charge < -0.3 is 20.3 Å². The molecule has 0 saturated carbocycles. The average molecular weight is 586 g/mol. The van der Waals surface area contributed by atoms with Crippen LogP contribution in [0.4, 0.5) is 16.3 Å². The van der Waals surface area contributed by atoms with Gasteiger partial charge in [0, 0.05) is 55.4 Å². The highest BCUT2D eigenvalue weighted by molar-refractivity contribution is 7.88. The molecule has 11 nitrogen and oxygen atoms in total. The molecular formula is C27H35N7O4S2. The quantitative estimate of drug-likeness (QED) is 0.435.